The first kappa shape index (κ1) is 24.1. The molecule has 2 amide bonds. The zero-order valence-corrected chi connectivity index (χ0v) is 19.7. The molecule has 0 unspecified atom stereocenters. The van der Waals surface area contributed by atoms with E-state index in [4.69, 9.17) is 9.15 Å². The van der Waals surface area contributed by atoms with Gasteiger partial charge in [-0.3, -0.25) is 9.59 Å². The summed E-state index contributed by atoms with van der Waals surface area (Å²) < 4.78 is 37.3. The minimum Gasteiger partial charge on any atom is -0.492 e. The topological polar surface area (TPSA) is 127 Å². The maximum Gasteiger partial charge on any atom is 0.291 e. The van der Waals surface area contributed by atoms with Crippen molar-refractivity contribution in [2.75, 3.05) is 18.2 Å². The molecule has 1 heterocycles. The minimum absolute atomic E-state index is 0.0499. The smallest absolute Gasteiger partial charge is 0.291 e. The van der Waals surface area contributed by atoms with Crippen LogP contribution in [0.4, 0.5) is 5.69 Å². The van der Waals surface area contributed by atoms with Gasteiger partial charge >= 0.3 is 0 Å². The Labute approximate surface area is 188 Å². The quantitative estimate of drug-likeness (QED) is 0.550. The molecule has 9 nitrogen and oxygen atoms in total. The number of sulfonamides is 1. The summed E-state index contributed by atoms with van der Waals surface area (Å²) in [5, 5.41) is 6.33. The van der Waals surface area contributed by atoms with Crippen LogP contribution in [0.3, 0.4) is 0 Å². The maximum absolute atomic E-state index is 12.7. The van der Waals surface area contributed by atoms with E-state index in [2.05, 4.69) is 15.4 Å². The molecule has 0 saturated heterocycles. The molecule has 1 aromatic carbocycles. The second-order valence-electron chi connectivity index (χ2n) is 8.36. The lowest BCUT2D eigenvalue weighted by atomic mass is 9.86. The molecule has 1 fully saturated rings. The molecular formula is C22H31N3O6S. The molecule has 3 N–H and O–H groups in total. The summed E-state index contributed by atoms with van der Waals surface area (Å²) in [6.07, 6.45) is 2.47. The van der Waals surface area contributed by atoms with Crippen molar-refractivity contribution in [3.8, 4) is 5.75 Å². The molecule has 2 aromatic rings. The fourth-order valence-corrected chi connectivity index (χ4v) is 4.80. The lowest BCUT2D eigenvalue weighted by molar-refractivity contribution is -0.120. The predicted octanol–water partition coefficient (Wildman–Crippen LogP) is 3.02. The number of anilines is 1. The van der Waals surface area contributed by atoms with Crippen molar-refractivity contribution in [1.29, 1.82) is 0 Å². The molecule has 32 heavy (non-hydrogen) atoms. The van der Waals surface area contributed by atoms with Crippen LogP contribution < -0.4 is 20.1 Å². The van der Waals surface area contributed by atoms with Crippen molar-refractivity contribution < 1.29 is 27.2 Å². The van der Waals surface area contributed by atoms with Gasteiger partial charge in [-0.1, -0.05) is 0 Å². The zero-order chi connectivity index (χ0) is 23.5. The van der Waals surface area contributed by atoms with Gasteiger partial charge in [0, 0.05) is 29.8 Å². The lowest BCUT2D eigenvalue weighted by Gasteiger charge is -2.28. The Kier molecular flexibility index (Phi) is 7.45. The van der Waals surface area contributed by atoms with Crippen LogP contribution in [0.2, 0.25) is 0 Å². The van der Waals surface area contributed by atoms with Crippen LogP contribution in [-0.4, -0.2) is 45.2 Å². The number of benzene rings is 1. The number of hydrogen-bond donors (Lipinski definition) is 3. The molecule has 10 heteroatoms. The van der Waals surface area contributed by atoms with E-state index in [1.54, 1.807) is 25.1 Å². The Bertz CT molecular complexity index is 1080. The SMILES string of the molecule is CCS(=O)(=O)NC1CCC(C(=O)Nc2ccc3c(OC)c(C(=O)NC(C)C)oc3c2)CC1. The van der Waals surface area contributed by atoms with Crippen molar-refractivity contribution in [3.63, 3.8) is 0 Å². The standard InChI is InChI=1S/C22H31N3O6S/c1-5-32(28,29)25-15-8-6-14(7-9-15)21(26)24-16-10-11-17-18(12-16)31-20(19(17)30-4)22(27)23-13(2)3/h10-15,25H,5-9H2,1-4H3,(H,23,27)(H,24,26). The van der Waals surface area contributed by atoms with Gasteiger partial charge < -0.3 is 19.8 Å². The van der Waals surface area contributed by atoms with Crippen molar-refractivity contribution in [3.05, 3.63) is 24.0 Å². The van der Waals surface area contributed by atoms with Gasteiger partial charge in [0.1, 0.15) is 5.58 Å². The van der Waals surface area contributed by atoms with E-state index in [-0.39, 0.29) is 41.3 Å². The van der Waals surface area contributed by atoms with E-state index in [0.717, 1.165) is 0 Å². The van der Waals surface area contributed by atoms with E-state index in [1.165, 1.54) is 7.11 Å². The van der Waals surface area contributed by atoms with E-state index >= 15 is 0 Å². The van der Waals surface area contributed by atoms with Gasteiger partial charge in [-0.15, -0.1) is 0 Å². The first-order valence-corrected chi connectivity index (χ1v) is 12.5. The van der Waals surface area contributed by atoms with Crippen molar-refractivity contribution in [2.24, 2.45) is 5.92 Å². The molecule has 1 aliphatic carbocycles. The first-order chi connectivity index (χ1) is 15.1. The maximum atomic E-state index is 12.7. The number of rotatable bonds is 8. The first-order valence-electron chi connectivity index (χ1n) is 10.9. The average Bonchev–Trinajstić information content (AvgIpc) is 3.11. The Hall–Kier alpha value is -2.59. The Morgan fingerprint density at radius 2 is 1.88 bits per heavy atom. The number of ether oxygens (including phenoxy) is 1. The van der Waals surface area contributed by atoms with E-state index < -0.39 is 10.0 Å². The molecule has 0 radical (unpaired) electrons. The summed E-state index contributed by atoms with van der Waals surface area (Å²) in [5.74, 6) is -0.177. The van der Waals surface area contributed by atoms with E-state index in [0.29, 0.717) is 48.1 Å². The highest BCUT2D eigenvalue weighted by atomic mass is 32.2. The highest BCUT2D eigenvalue weighted by molar-refractivity contribution is 7.89. The highest BCUT2D eigenvalue weighted by Gasteiger charge is 2.28. The molecule has 0 spiro atoms. The number of carbonyl (C=O) groups is 2. The molecule has 176 valence electrons. The fourth-order valence-electron chi connectivity index (χ4n) is 3.89. The highest BCUT2D eigenvalue weighted by Crippen LogP contribution is 2.35. The zero-order valence-electron chi connectivity index (χ0n) is 18.9. The summed E-state index contributed by atoms with van der Waals surface area (Å²) in [4.78, 5) is 25.1. The molecule has 3 rings (SSSR count). The Morgan fingerprint density at radius 3 is 2.47 bits per heavy atom. The third-order valence-electron chi connectivity index (χ3n) is 5.57. The summed E-state index contributed by atoms with van der Waals surface area (Å²) in [7, 11) is -1.77. The van der Waals surface area contributed by atoms with Gasteiger partial charge in [0.25, 0.3) is 5.91 Å². The summed E-state index contributed by atoms with van der Waals surface area (Å²) in [5.41, 5.74) is 0.995. The van der Waals surface area contributed by atoms with Crippen LogP contribution in [0.5, 0.6) is 5.75 Å². The van der Waals surface area contributed by atoms with Crippen molar-refractivity contribution in [1.82, 2.24) is 10.0 Å². The number of carbonyl (C=O) groups excluding carboxylic acids is 2. The molecule has 0 aliphatic heterocycles. The van der Waals surface area contributed by atoms with E-state index in [1.807, 2.05) is 13.8 Å². The average molecular weight is 466 g/mol. The molecule has 1 aliphatic rings. The van der Waals surface area contributed by atoms with Gasteiger partial charge in [0.15, 0.2) is 5.75 Å². The molecule has 1 saturated carbocycles. The van der Waals surface area contributed by atoms with Crippen LogP contribution in [0, 0.1) is 5.92 Å². The normalized spacial score (nSPS) is 19.2. The van der Waals surface area contributed by atoms with Crippen LogP contribution in [-0.2, 0) is 14.8 Å². The number of nitrogens with one attached hydrogen (secondary N) is 3. The van der Waals surface area contributed by atoms with Gasteiger partial charge in [-0.2, -0.15) is 0 Å². The molecule has 1 aromatic heterocycles. The van der Waals surface area contributed by atoms with E-state index in [9.17, 15) is 18.0 Å². The molecular weight excluding hydrogens is 434 g/mol. The second-order valence-corrected chi connectivity index (χ2v) is 10.4. The van der Waals surface area contributed by atoms with Gasteiger partial charge in [0.05, 0.1) is 18.2 Å². The molecule has 0 atom stereocenters. The van der Waals surface area contributed by atoms with Crippen LogP contribution in [0.1, 0.15) is 57.0 Å². The Morgan fingerprint density at radius 1 is 1.19 bits per heavy atom. The third kappa shape index (κ3) is 5.60. The lowest BCUT2D eigenvalue weighted by Crippen LogP contribution is -2.40. The summed E-state index contributed by atoms with van der Waals surface area (Å²) in [6, 6.07) is 4.98. The van der Waals surface area contributed by atoms with Crippen molar-refractivity contribution >= 4 is 38.5 Å². The monoisotopic (exact) mass is 465 g/mol. The third-order valence-corrected chi connectivity index (χ3v) is 7.02. The van der Waals surface area contributed by atoms with Crippen molar-refractivity contribution in [2.45, 2.75) is 58.5 Å². The van der Waals surface area contributed by atoms with Gasteiger partial charge in [-0.25, -0.2) is 13.1 Å². The van der Waals surface area contributed by atoms with Gasteiger partial charge in [0.2, 0.25) is 21.7 Å². The second kappa shape index (κ2) is 9.91. The number of amides is 2. The number of fused-ring (bicyclic) bond motifs is 1. The van der Waals surface area contributed by atoms with Crippen LogP contribution in [0.15, 0.2) is 22.6 Å². The Balaban J connectivity index is 1.67. The molecule has 0 bridgehead atoms. The van der Waals surface area contributed by atoms with Crippen LogP contribution >= 0.6 is 0 Å². The largest absolute Gasteiger partial charge is 0.492 e. The number of furan rings is 1. The van der Waals surface area contributed by atoms with Crippen LogP contribution in [0.25, 0.3) is 11.0 Å². The number of hydrogen-bond acceptors (Lipinski definition) is 6. The predicted molar refractivity (Wildman–Crippen MR) is 122 cm³/mol. The summed E-state index contributed by atoms with van der Waals surface area (Å²) >= 11 is 0. The minimum atomic E-state index is -3.24. The van der Waals surface area contributed by atoms with Gasteiger partial charge in [-0.05, 0) is 58.6 Å². The summed E-state index contributed by atoms with van der Waals surface area (Å²) in [6.45, 7) is 5.31. The number of methoxy groups -OCH3 is 1. The fraction of sp³-hybridized carbons (Fsp3) is 0.545.